The normalized spacial score (nSPS) is 12.0. The van der Waals surface area contributed by atoms with Crippen molar-refractivity contribution in [2.75, 3.05) is 39.6 Å². The van der Waals surface area contributed by atoms with E-state index >= 15 is 0 Å². The average molecular weight is 222 g/mol. The maximum Gasteiger partial charge on any atom is 0.183 e. The molecule has 5 heteroatoms. The predicted molar refractivity (Wildman–Crippen MR) is 58.0 cm³/mol. The first-order valence-corrected chi connectivity index (χ1v) is 8.37. The van der Waals surface area contributed by atoms with Crippen LogP contribution < -0.4 is 0 Å². The fourth-order valence-electron chi connectivity index (χ4n) is 0.793. The molecule has 0 aliphatic heterocycles. The van der Waals surface area contributed by atoms with Crippen LogP contribution in [0.1, 0.15) is 0 Å². The molecule has 0 heterocycles. The molecule has 0 fully saturated rings. The molecule has 0 radical (unpaired) electrons. The van der Waals surface area contributed by atoms with Crippen LogP contribution in [-0.2, 0) is 13.9 Å². The number of ether oxygens (including phenoxy) is 2. The van der Waals surface area contributed by atoms with Gasteiger partial charge in [0.25, 0.3) is 0 Å². The van der Waals surface area contributed by atoms with Crippen molar-refractivity contribution in [3.05, 3.63) is 0 Å². The monoisotopic (exact) mass is 222 g/mol. The lowest BCUT2D eigenvalue weighted by atomic mass is 10.7. The van der Waals surface area contributed by atoms with E-state index < -0.39 is 8.32 Å². The zero-order valence-electron chi connectivity index (χ0n) is 9.41. The number of rotatable bonds is 9. The van der Waals surface area contributed by atoms with Crippen LogP contribution in [0.4, 0.5) is 0 Å². The van der Waals surface area contributed by atoms with Gasteiger partial charge >= 0.3 is 0 Å². The minimum absolute atomic E-state index is 0.0682. The molecule has 14 heavy (non-hydrogen) atoms. The number of aliphatic hydroxyl groups excluding tert-OH is 1. The Morgan fingerprint density at radius 2 is 1.36 bits per heavy atom. The third-order valence-corrected chi connectivity index (χ3v) is 2.44. The zero-order valence-corrected chi connectivity index (χ0v) is 10.4. The van der Waals surface area contributed by atoms with Crippen LogP contribution >= 0.6 is 0 Å². The van der Waals surface area contributed by atoms with Crippen LogP contribution in [0.15, 0.2) is 0 Å². The smallest absolute Gasteiger partial charge is 0.183 e. The summed E-state index contributed by atoms with van der Waals surface area (Å²) in [4.78, 5) is 0. The minimum Gasteiger partial charge on any atom is -0.415 e. The molecule has 0 spiro atoms. The molecule has 86 valence electrons. The Morgan fingerprint density at radius 3 is 1.86 bits per heavy atom. The molecule has 0 atom stereocenters. The first-order chi connectivity index (χ1) is 6.56. The van der Waals surface area contributed by atoms with Crippen LogP contribution in [0.2, 0.25) is 19.6 Å². The molecule has 4 nitrogen and oxygen atoms in total. The van der Waals surface area contributed by atoms with Crippen LogP contribution in [0.5, 0.6) is 0 Å². The van der Waals surface area contributed by atoms with Gasteiger partial charge in [0.15, 0.2) is 8.32 Å². The number of hydrogen-bond donors (Lipinski definition) is 1. The molecule has 0 aromatic carbocycles. The third-order valence-electron chi connectivity index (χ3n) is 1.37. The van der Waals surface area contributed by atoms with Crippen molar-refractivity contribution >= 4 is 8.32 Å². The Labute approximate surface area is 87.3 Å². The quantitative estimate of drug-likeness (QED) is 0.464. The maximum absolute atomic E-state index is 8.42. The molecule has 0 aromatic rings. The lowest BCUT2D eigenvalue weighted by molar-refractivity contribution is 0.0240. The molecule has 0 bridgehead atoms. The van der Waals surface area contributed by atoms with Gasteiger partial charge in [-0.3, -0.25) is 0 Å². The van der Waals surface area contributed by atoms with Gasteiger partial charge in [-0.25, -0.2) is 0 Å². The van der Waals surface area contributed by atoms with E-state index in [1.165, 1.54) is 0 Å². The van der Waals surface area contributed by atoms with E-state index in [2.05, 4.69) is 19.6 Å². The van der Waals surface area contributed by atoms with Gasteiger partial charge in [0, 0.05) is 0 Å². The van der Waals surface area contributed by atoms with Gasteiger partial charge in [-0.05, 0) is 19.6 Å². The summed E-state index contributed by atoms with van der Waals surface area (Å²) in [5.41, 5.74) is 0. The fourth-order valence-corrected chi connectivity index (χ4v) is 1.49. The first kappa shape index (κ1) is 14.1. The van der Waals surface area contributed by atoms with Gasteiger partial charge in [0.05, 0.1) is 39.6 Å². The van der Waals surface area contributed by atoms with Gasteiger partial charge in [0.2, 0.25) is 0 Å². The SMILES string of the molecule is C[Si](C)(C)OCCOCCOCCO. The largest absolute Gasteiger partial charge is 0.415 e. The maximum atomic E-state index is 8.42. The van der Waals surface area contributed by atoms with Crippen molar-refractivity contribution in [3.8, 4) is 0 Å². The van der Waals surface area contributed by atoms with E-state index in [0.29, 0.717) is 33.0 Å². The van der Waals surface area contributed by atoms with E-state index in [9.17, 15) is 0 Å². The van der Waals surface area contributed by atoms with E-state index in [-0.39, 0.29) is 6.61 Å². The molecule has 0 rings (SSSR count). The van der Waals surface area contributed by atoms with Crippen LogP contribution in [0.25, 0.3) is 0 Å². The van der Waals surface area contributed by atoms with E-state index in [1.54, 1.807) is 0 Å². The Morgan fingerprint density at radius 1 is 0.857 bits per heavy atom. The highest BCUT2D eigenvalue weighted by Crippen LogP contribution is 2.01. The van der Waals surface area contributed by atoms with Crippen molar-refractivity contribution in [1.82, 2.24) is 0 Å². The van der Waals surface area contributed by atoms with Gasteiger partial charge < -0.3 is 19.0 Å². The minimum atomic E-state index is -1.38. The van der Waals surface area contributed by atoms with Crippen LogP contribution in [-0.4, -0.2) is 53.1 Å². The summed E-state index contributed by atoms with van der Waals surface area (Å²) in [5, 5.41) is 8.42. The first-order valence-electron chi connectivity index (χ1n) is 4.96. The highest BCUT2D eigenvalue weighted by molar-refractivity contribution is 6.69. The molecule has 0 saturated carbocycles. The Kier molecular flexibility index (Phi) is 8.41. The molecule has 0 aliphatic carbocycles. The van der Waals surface area contributed by atoms with Crippen molar-refractivity contribution in [3.63, 3.8) is 0 Å². The van der Waals surface area contributed by atoms with Crippen molar-refractivity contribution < 1.29 is 19.0 Å². The highest BCUT2D eigenvalue weighted by Gasteiger charge is 2.12. The summed E-state index contributed by atoms with van der Waals surface area (Å²) in [7, 11) is -1.38. The second-order valence-corrected chi connectivity index (χ2v) is 8.42. The van der Waals surface area contributed by atoms with E-state index in [1.807, 2.05) is 0 Å². The summed E-state index contributed by atoms with van der Waals surface area (Å²) >= 11 is 0. The van der Waals surface area contributed by atoms with E-state index in [0.717, 1.165) is 0 Å². The molecule has 0 aliphatic rings. The molecule has 0 unspecified atom stereocenters. The number of aliphatic hydroxyl groups is 1. The highest BCUT2D eigenvalue weighted by atomic mass is 28.4. The summed E-state index contributed by atoms with van der Waals surface area (Å²) in [6, 6.07) is 0. The van der Waals surface area contributed by atoms with Crippen LogP contribution in [0.3, 0.4) is 0 Å². The fraction of sp³-hybridized carbons (Fsp3) is 1.00. The summed E-state index contributed by atoms with van der Waals surface area (Å²) in [6.07, 6.45) is 0. The average Bonchev–Trinajstić information content (AvgIpc) is 2.08. The topological polar surface area (TPSA) is 47.9 Å². The Balaban J connectivity index is 2.99. The van der Waals surface area contributed by atoms with Crippen LogP contribution in [0, 0.1) is 0 Å². The van der Waals surface area contributed by atoms with Gasteiger partial charge in [-0.1, -0.05) is 0 Å². The lowest BCUT2D eigenvalue weighted by Crippen LogP contribution is -2.27. The van der Waals surface area contributed by atoms with E-state index in [4.69, 9.17) is 19.0 Å². The molecular weight excluding hydrogens is 200 g/mol. The Hall–Kier alpha value is 0.0569. The predicted octanol–water partition coefficient (Wildman–Crippen LogP) is 0.863. The Bertz CT molecular complexity index is 124. The molecule has 0 saturated heterocycles. The second kappa shape index (κ2) is 8.37. The molecule has 0 amide bonds. The number of hydrogen-bond acceptors (Lipinski definition) is 4. The van der Waals surface area contributed by atoms with Gasteiger partial charge in [-0.2, -0.15) is 0 Å². The summed E-state index contributed by atoms with van der Waals surface area (Å²) in [6.45, 7) is 9.28. The van der Waals surface area contributed by atoms with Crippen molar-refractivity contribution in [2.45, 2.75) is 19.6 Å². The zero-order chi connectivity index (χ0) is 10.9. The second-order valence-electron chi connectivity index (χ2n) is 3.91. The molecular formula is C9H22O4Si. The molecule has 1 N–H and O–H groups in total. The van der Waals surface area contributed by atoms with Crippen molar-refractivity contribution in [1.29, 1.82) is 0 Å². The van der Waals surface area contributed by atoms with Gasteiger partial charge in [-0.15, -0.1) is 0 Å². The standard InChI is InChI=1S/C9H22O4Si/c1-14(2,3)13-9-8-12-7-6-11-5-4-10/h10H,4-9H2,1-3H3. The molecule has 0 aromatic heterocycles. The lowest BCUT2D eigenvalue weighted by Gasteiger charge is -2.16. The third kappa shape index (κ3) is 12.1. The summed E-state index contributed by atoms with van der Waals surface area (Å²) < 4.78 is 15.9. The van der Waals surface area contributed by atoms with Gasteiger partial charge in [0.1, 0.15) is 0 Å². The summed E-state index contributed by atoms with van der Waals surface area (Å²) in [5.74, 6) is 0. The van der Waals surface area contributed by atoms with Crippen molar-refractivity contribution in [2.24, 2.45) is 0 Å².